The van der Waals surface area contributed by atoms with Crippen LogP contribution in [-0.4, -0.2) is 44.9 Å². The van der Waals surface area contributed by atoms with Gasteiger partial charge in [0.05, 0.1) is 33.0 Å². The van der Waals surface area contributed by atoms with Crippen LogP contribution < -0.4 is 20.9 Å². The van der Waals surface area contributed by atoms with Gasteiger partial charge in [-0.05, 0) is 31.4 Å². The Morgan fingerprint density at radius 2 is 1.48 bits per heavy atom. The van der Waals surface area contributed by atoms with E-state index in [0.717, 1.165) is 19.3 Å². The van der Waals surface area contributed by atoms with Gasteiger partial charge in [-0.2, -0.15) is 0 Å². The standard InChI is InChI=1S/C19H28N2O6/c1-15(21)19(23)27-10-4-2-3-9-24-16-7-5-8-17(13-16)25-11-6-12-26-18(22)14-20/h5,7-8,13H,1-4,6,9-12,14,20-21H2. The van der Waals surface area contributed by atoms with Gasteiger partial charge in [0.25, 0.3) is 0 Å². The minimum atomic E-state index is -0.569. The van der Waals surface area contributed by atoms with Crippen molar-refractivity contribution in [1.29, 1.82) is 0 Å². The first-order valence-corrected chi connectivity index (χ1v) is 8.85. The van der Waals surface area contributed by atoms with Crippen LogP contribution in [0.2, 0.25) is 0 Å². The summed E-state index contributed by atoms with van der Waals surface area (Å²) < 4.78 is 21.0. The van der Waals surface area contributed by atoms with Gasteiger partial charge in [0, 0.05) is 12.5 Å². The molecule has 0 atom stereocenters. The highest BCUT2D eigenvalue weighted by Crippen LogP contribution is 2.20. The summed E-state index contributed by atoms with van der Waals surface area (Å²) in [4.78, 5) is 22.0. The number of nitrogens with two attached hydrogens (primary N) is 2. The molecule has 4 N–H and O–H groups in total. The van der Waals surface area contributed by atoms with E-state index in [9.17, 15) is 9.59 Å². The van der Waals surface area contributed by atoms with Gasteiger partial charge in [-0.25, -0.2) is 4.79 Å². The van der Waals surface area contributed by atoms with E-state index in [-0.39, 0.29) is 18.8 Å². The Morgan fingerprint density at radius 1 is 0.889 bits per heavy atom. The Kier molecular flexibility index (Phi) is 11.1. The maximum absolute atomic E-state index is 11.1. The van der Waals surface area contributed by atoms with Crippen molar-refractivity contribution < 1.29 is 28.5 Å². The number of rotatable bonds is 14. The van der Waals surface area contributed by atoms with Crippen molar-refractivity contribution in [2.75, 3.05) is 33.0 Å². The smallest absolute Gasteiger partial charge is 0.353 e. The summed E-state index contributed by atoms with van der Waals surface area (Å²) in [7, 11) is 0. The van der Waals surface area contributed by atoms with Gasteiger partial charge in [0.15, 0.2) is 0 Å². The normalized spacial score (nSPS) is 10.1. The van der Waals surface area contributed by atoms with Gasteiger partial charge in [-0.3, -0.25) is 4.79 Å². The summed E-state index contributed by atoms with van der Waals surface area (Å²) in [5, 5.41) is 0. The lowest BCUT2D eigenvalue weighted by molar-refractivity contribution is -0.142. The third-order valence-electron chi connectivity index (χ3n) is 3.35. The lowest BCUT2D eigenvalue weighted by Crippen LogP contribution is -2.18. The molecule has 0 aliphatic rings. The summed E-state index contributed by atoms with van der Waals surface area (Å²) in [6.45, 7) is 4.77. The van der Waals surface area contributed by atoms with Crippen LogP contribution in [0.3, 0.4) is 0 Å². The Balaban J connectivity index is 2.12. The number of carbonyl (C=O) groups excluding carboxylic acids is 2. The molecule has 1 aromatic rings. The molecule has 0 unspecified atom stereocenters. The Morgan fingerprint density at radius 3 is 2.11 bits per heavy atom. The number of unbranched alkanes of at least 4 members (excludes halogenated alkanes) is 2. The number of carbonyl (C=O) groups is 2. The van der Waals surface area contributed by atoms with E-state index in [1.807, 2.05) is 18.2 Å². The van der Waals surface area contributed by atoms with Gasteiger partial charge in [-0.1, -0.05) is 12.6 Å². The van der Waals surface area contributed by atoms with Crippen LogP contribution in [0.25, 0.3) is 0 Å². The molecule has 27 heavy (non-hydrogen) atoms. The molecule has 1 aromatic carbocycles. The lowest BCUT2D eigenvalue weighted by atomic mass is 10.2. The number of benzene rings is 1. The maximum atomic E-state index is 11.1. The topological polar surface area (TPSA) is 123 Å². The molecular formula is C19H28N2O6. The van der Waals surface area contributed by atoms with Crippen LogP contribution >= 0.6 is 0 Å². The van der Waals surface area contributed by atoms with E-state index < -0.39 is 11.9 Å². The average molecular weight is 380 g/mol. The quantitative estimate of drug-likeness (QED) is 0.283. The van der Waals surface area contributed by atoms with E-state index in [2.05, 4.69) is 6.58 Å². The summed E-state index contributed by atoms with van der Waals surface area (Å²) in [6.07, 6.45) is 3.01. The maximum Gasteiger partial charge on any atom is 0.353 e. The van der Waals surface area contributed by atoms with Gasteiger partial charge in [0.1, 0.15) is 17.2 Å². The molecule has 0 aliphatic carbocycles. The zero-order chi connectivity index (χ0) is 19.9. The fourth-order valence-electron chi connectivity index (χ4n) is 1.98. The molecule has 0 saturated carbocycles. The van der Waals surface area contributed by atoms with E-state index in [1.165, 1.54) is 0 Å². The second kappa shape index (κ2) is 13.5. The van der Waals surface area contributed by atoms with Gasteiger partial charge in [0.2, 0.25) is 0 Å². The van der Waals surface area contributed by atoms with Gasteiger partial charge >= 0.3 is 11.9 Å². The Labute approximate surface area is 159 Å². The largest absolute Gasteiger partial charge is 0.493 e. The van der Waals surface area contributed by atoms with Crippen LogP contribution in [0.1, 0.15) is 25.7 Å². The highest BCUT2D eigenvalue weighted by atomic mass is 16.5. The van der Waals surface area contributed by atoms with E-state index in [1.54, 1.807) is 6.07 Å². The summed E-state index contributed by atoms with van der Waals surface area (Å²) in [6, 6.07) is 7.34. The van der Waals surface area contributed by atoms with Crippen LogP contribution in [0.5, 0.6) is 11.5 Å². The zero-order valence-corrected chi connectivity index (χ0v) is 15.5. The molecule has 0 aliphatic heterocycles. The van der Waals surface area contributed by atoms with Gasteiger partial charge < -0.3 is 30.4 Å². The number of esters is 2. The molecule has 0 aromatic heterocycles. The molecule has 0 fully saturated rings. The number of ether oxygens (including phenoxy) is 4. The number of hydrogen-bond donors (Lipinski definition) is 2. The molecule has 8 nitrogen and oxygen atoms in total. The molecule has 1 rings (SSSR count). The molecule has 0 heterocycles. The molecule has 0 bridgehead atoms. The predicted octanol–water partition coefficient (Wildman–Crippen LogP) is 1.52. The van der Waals surface area contributed by atoms with Crippen molar-refractivity contribution in [3.05, 3.63) is 36.5 Å². The van der Waals surface area contributed by atoms with Gasteiger partial charge in [-0.15, -0.1) is 0 Å². The first-order chi connectivity index (χ1) is 13.0. The first kappa shape index (κ1) is 22.3. The van der Waals surface area contributed by atoms with Crippen molar-refractivity contribution >= 4 is 11.9 Å². The SMILES string of the molecule is C=C(N)C(=O)OCCCCCOc1cccc(OCCCOC(=O)CN)c1. The van der Waals surface area contributed by atoms with Crippen LogP contribution in [0, 0.1) is 0 Å². The fraction of sp³-hybridized carbons (Fsp3) is 0.474. The van der Waals surface area contributed by atoms with E-state index >= 15 is 0 Å². The minimum absolute atomic E-state index is 0.0861. The fourth-order valence-corrected chi connectivity index (χ4v) is 1.98. The molecule has 8 heteroatoms. The third kappa shape index (κ3) is 10.8. The van der Waals surface area contributed by atoms with Crippen molar-refractivity contribution in [1.82, 2.24) is 0 Å². The van der Waals surface area contributed by atoms with E-state index in [0.29, 0.717) is 37.7 Å². The highest BCUT2D eigenvalue weighted by Gasteiger charge is 2.03. The third-order valence-corrected chi connectivity index (χ3v) is 3.35. The van der Waals surface area contributed by atoms with Crippen molar-refractivity contribution in [3.63, 3.8) is 0 Å². The van der Waals surface area contributed by atoms with Crippen molar-refractivity contribution in [2.24, 2.45) is 11.5 Å². The molecule has 0 saturated heterocycles. The molecule has 150 valence electrons. The molecule has 0 spiro atoms. The van der Waals surface area contributed by atoms with Crippen LogP contribution in [0.4, 0.5) is 0 Å². The molecular weight excluding hydrogens is 352 g/mol. The number of hydrogen-bond acceptors (Lipinski definition) is 8. The average Bonchev–Trinajstić information content (AvgIpc) is 2.66. The monoisotopic (exact) mass is 380 g/mol. The van der Waals surface area contributed by atoms with Crippen LogP contribution in [-0.2, 0) is 19.1 Å². The Hall–Kier alpha value is -2.74. The van der Waals surface area contributed by atoms with E-state index in [4.69, 9.17) is 30.4 Å². The lowest BCUT2D eigenvalue weighted by Gasteiger charge is -2.10. The summed E-state index contributed by atoms with van der Waals surface area (Å²) in [5.41, 5.74) is 10.3. The molecule has 0 amide bonds. The molecule has 0 radical (unpaired) electrons. The Bertz CT molecular complexity index is 606. The highest BCUT2D eigenvalue weighted by molar-refractivity contribution is 5.86. The summed E-state index contributed by atoms with van der Waals surface area (Å²) >= 11 is 0. The van der Waals surface area contributed by atoms with Crippen molar-refractivity contribution in [3.8, 4) is 11.5 Å². The second-order valence-electron chi connectivity index (χ2n) is 5.67. The zero-order valence-electron chi connectivity index (χ0n) is 15.5. The van der Waals surface area contributed by atoms with Crippen molar-refractivity contribution in [2.45, 2.75) is 25.7 Å². The van der Waals surface area contributed by atoms with Crippen LogP contribution in [0.15, 0.2) is 36.5 Å². The summed E-state index contributed by atoms with van der Waals surface area (Å²) in [5.74, 6) is 0.411. The first-order valence-electron chi connectivity index (χ1n) is 8.85. The second-order valence-corrected chi connectivity index (χ2v) is 5.67. The minimum Gasteiger partial charge on any atom is -0.493 e. The predicted molar refractivity (Wildman–Crippen MR) is 100 cm³/mol.